The van der Waals surface area contributed by atoms with E-state index < -0.39 is 9.84 Å². The maximum atomic E-state index is 11.4. The summed E-state index contributed by atoms with van der Waals surface area (Å²) in [7, 11) is -2.87. The number of benzene rings is 1. The molecule has 102 valence electrons. The fraction of sp³-hybridized carbons (Fsp3) is 0.417. The Morgan fingerprint density at radius 3 is 2.79 bits per heavy atom. The highest BCUT2D eigenvalue weighted by atomic mass is 32.2. The van der Waals surface area contributed by atoms with E-state index in [1.54, 1.807) is 0 Å². The molecular weight excluding hydrogens is 282 g/mol. The van der Waals surface area contributed by atoms with Crippen molar-refractivity contribution in [3.8, 4) is 0 Å². The lowest BCUT2D eigenvalue weighted by Gasteiger charge is -2.08. The fourth-order valence-electron chi connectivity index (χ4n) is 2.23. The predicted octanol–water partition coefficient (Wildman–Crippen LogP) is 0.549. The first-order valence-electron chi connectivity index (χ1n) is 6.10. The molecule has 2 aliphatic rings. The van der Waals surface area contributed by atoms with E-state index in [1.807, 2.05) is 30.3 Å². The van der Waals surface area contributed by atoms with Crippen LogP contribution in [0.1, 0.15) is 5.56 Å². The highest BCUT2D eigenvalue weighted by molar-refractivity contribution is 8.15. The molecular formula is C12H15N3O2S2. The molecule has 0 radical (unpaired) electrons. The Morgan fingerprint density at radius 2 is 2.05 bits per heavy atom. The van der Waals surface area contributed by atoms with Crippen molar-refractivity contribution in [2.75, 3.05) is 11.5 Å². The largest absolute Gasteiger partial charge is 0.300 e. The molecule has 1 saturated heterocycles. The second-order valence-electron chi connectivity index (χ2n) is 4.70. The summed E-state index contributed by atoms with van der Waals surface area (Å²) in [5, 5.41) is 0.881. The summed E-state index contributed by atoms with van der Waals surface area (Å²) in [4.78, 5) is 4.40. The van der Waals surface area contributed by atoms with Crippen LogP contribution in [0.5, 0.6) is 0 Å². The van der Waals surface area contributed by atoms with Gasteiger partial charge in [0.2, 0.25) is 0 Å². The third-order valence-corrected chi connectivity index (χ3v) is 6.29. The van der Waals surface area contributed by atoms with Crippen molar-refractivity contribution in [3.05, 3.63) is 35.9 Å². The van der Waals surface area contributed by atoms with Gasteiger partial charge in [-0.15, -0.1) is 0 Å². The second kappa shape index (κ2) is 5.15. The van der Waals surface area contributed by atoms with Crippen molar-refractivity contribution in [1.29, 1.82) is 0 Å². The molecule has 1 aromatic rings. The van der Waals surface area contributed by atoms with Gasteiger partial charge >= 0.3 is 0 Å². The summed E-state index contributed by atoms with van der Waals surface area (Å²) in [6.45, 7) is 0.702. The summed E-state index contributed by atoms with van der Waals surface area (Å²) in [6.07, 6.45) is 0. The smallest absolute Gasteiger partial charge is 0.171 e. The molecule has 5 nitrogen and oxygen atoms in total. The molecule has 2 N–H and O–H groups in total. The molecule has 0 aromatic heterocycles. The summed E-state index contributed by atoms with van der Waals surface area (Å²) in [5.74, 6) is 0.435. The topological polar surface area (TPSA) is 70.6 Å². The first-order valence-corrected chi connectivity index (χ1v) is 8.80. The Hall–Kier alpha value is -1.05. The zero-order chi connectivity index (χ0) is 13.3. The number of amidine groups is 1. The van der Waals surface area contributed by atoms with Crippen molar-refractivity contribution in [2.24, 2.45) is 4.99 Å². The minimum absolute atomic E-state index is 0.0731. The molecule has 0 unspecified atom stereocenters. The monoisotopic (exact) mass is 297 g/mol. The van der Waals surface area contributed by atoms with E-state index in [0.717, 1.165) is 5.17 Å². The number of fused-ring (bicyclic) bond motifs is 1. The highest BCUT2D eigenvalue weighted by Gasteiger charge is 2.42. The third-order valence-electron chi connectivity index (χ3n) is 3.15. The second-order valence-corrected chi connectivity index (χ2v) is 8.08. The van der Waals surface area contributed by atoms with E-state index in [2.05, 4.69) is 15.8 Å². The number of sulfone groups is 1. The van der Waals surface area contributed by atoms with Crippen LogP contribution in [0.25, 0.3) is 0 Å². The van der Waals surface area contributed by atoms with Gasteiger partial charge in [0.1, 0.15) is 0 Å². The van der Waals surface area contributed by atoms with Crippen molar-refractivity contribution < 1.29 is 8.42 Å². The maximum absolute atomic E-state index is 11.4. The number of aliphatic imine (C=N–C) groups is 1. The Balaban J connectivity index is 1.51. The van der Waals surface area contributed by atoms with Crippen LogP contribution in [-0.4, -0.2) is 36.4 Å². The first-order chi connectivity index (χ1) is 9.12. The Bertz CT molecular complexity index is 586. The lowest BCUT2D eigenvalue weighted by Crippen LogP contribution is -2.34. The van der Waals surface area contributed by atoms with Gasteiger partial charge in [-0.3, -0.25) is 4.99 Å². The summed E-state index contributed by atoms with van der Waals surface area (Å²) < 4.78 is 22.9. The van der Waals surface area contributed by atoms with Gasteiger partial charge in [0.05, 0.1) is 17.5 Å². The molecule has 0 bridgehead atoms. The molecule has 0 aliphatic carbocycles. The average Bonchev–Trinajstić information content (AvgIpc) is 2.83. The minimum Gasteiger partial charge on any atom is -0.300 e. The molecule has 1 fully saturated rings. The number of thioether (sulfide) groups is 1. The van der Waals surface area contributed by atoms with Gasteiger partial charge in [0.15, 0.2) is 15.0 Å². The molecule has 2 heterocycles. The Kier molecular flexibility index (Phi) is 3.51. The quantitative estimate of drug-likeness (QED) is 0.797. The zero-order valence-electron chi connectivity index (χ0n) is 10.2. The Morgan fingerprint density at radius 1 is 1.26 bits per heavy atom. The number of nitrogens with one attached hydrogen (secondary N) is 2. The van der Waals surface area contributed by atoms with Crippen LogP contribution in [0, 0.1) is 0 Å². The van der Waals surface area contributed by atoms with Crippen LogP contribution in [0.4, 0.5) is 0 Å². The summed E-state index contributed by atoms with van der Waals surface area (Å²) in [6, 6.07) is 9.98. The minimum atomic E-state index is -2.87. The van der Waals surface area contributed by atoms with Crippen molar-refractivity contribution in [2.45, 2.75) is 17.8 Å². The first kappa shape index (κ1) is 13.0. The molecule has 0 amide bonds. The van der Waals surface area contributed by atoms with Crippen molar-refractivity contribution >= 4 is 26.8 Å². The van der Waals surface area contributed by atoms with E-state index in [1.165, 1.54) is 17.3 Å². The maximum Gasteiger partial charge on any atom is 0.171 e. The number of rotatable bonds is 3. The number of nitrogens with zero attached hydrogens (tertiary/aromatic N) is 1. The summed E-state index contributed by atoms with van der Waals surface area (Å²) in [5.41, 5.74) is 7.34. The fourth-order valence-corrected chi connectivity index (χ4v) is 5.86. The Labute approximate surface area is 116 Å². The molecule has 19 heavy (non-hydrogen) atoms. The van der Waals surface area contributed by atoms with E-state index >= 15 is 0 Å². The van der Waals surface area contributed by atoms with Gasteiger partial charge in [-0.1, -0.05) is 42.1 Å². The predicted molar refractivity (Wildman–Crippen MR) is 77.7 cm³/mol. The molecule has 2 aliphatic heterocycles. The normalized spacial score (nSPS) is 27.9. The van der Waals surface area contributed by atoms with Crippen LogP contribution in [0.3, 0.4) is 0 Å². The van der Waals surface area contributed by atoms with Crippen molar-refractivity contribution in [1.82, 2.24) is 10.9 Å². The average molecular weight is 297 g/mol. The molecule has 2 atom stereocenters. The van der Waals surface area contributed by atoms with E-state index in [9.17, 15) is 8.42 Å². The standard InChI is InChI=1S/C12H15N3O2S2/c16-19(17)7-10-11(8-19)18-12(14-10)15-13-6-9-4-2-1-3-5-9/h1-5,10-11,13H,6-8H2,(H,14,15)/t10-,11+/m1/s1. The number of hydrazine groups is 1. The SMILES string of the molecule is O=S1(=O)C[C@@H]2SC(NNCc3ccccc3)=N[C@@H]2C1. The van der Waals surface area contributed by atoms with Gasteiger partial charge in [0.25, 0.3) is 0 Å². The van der Waals surface area contributed by atoms with E-state index in [4.69, 9.17) is 0 Å². The van der Waals surface area contributed by atoms with Crippen molar-refractivity contribution in [3.63, 3.8) is 0 Å². The lowest BCUT2D eigenvalue weighted by molar-refractivity contribution is 0.601. The van der Waals surface area contributed by atoms with Gasteiger partial charge in [-0.2, -0.15) is 0 Å². The number of hydrogen-bond donors (Lipinski definition) is 2. The van der Waals surface area contributed by atoms with E-state index in [0.29, 0.717) is 6.54 Å². The van der Waals surface area contributed by atoms with Gasteiger partial charge in [0, 0.05) is 11.8 Å². The number of hydrogen-bond acceptors (Lipinski definition) is 6. The highest BCUT2D eigenvalue weighted by Crippen LogP contribution is 2.33. The third kappa shape index (κ3) is 3.10. The van der Waals surface area contributed by atoms with Gasteiger partial charge in [-0.05, 0) is 5.56 Å². The van der Waals surface area contributed by atoms with Crippen LogP contribution in [0.15, 0.2) is 35.3 Å². The van der Waals surface area contributed by atoms with Crippen LogP contribution in [-0.2, 0) is 16.4 Å². The summed E-state index contributed by atoms with van der Waals surface area (Å²) >= 11 is 1.52. The molecule has 3 rings (SSSR count). The van der Waals surface area contributed by atoms with Gasteiger partial charge in [-0.25, -0.2) is 13.8 Å². The lowest BCUT2D eigenvalue weighted by atomic mass is 10.2. The molecule has 7 heteroatoms. The molecule has 0 spiro atoms. The van der Waals surface area contributed by atoms with E-state index in [-0.39, 0.29) is 22.8 Å². The van der Waals surface area contributed by atoms with Crippen LogP contribution >= 0.6 is 11.8 Å². The molecule has 0 saturated carbocycles. The van der Waals surface area contributed by atoms with Crippen LogP contribution < -0.4 is 10.9 Å². The van der Waals surface area contributed by atoms with Gasteiger partial charge < -0.3 is 5.43 Å². The van der Waals surface area contributed by atoms with Crippen LogP contribution in [0.2, 0.25) is 0 Å². The zero-order valence-corrected chi connectivity index (χ0v) is 11.9. The molecule has 1 aromatic carbocycles.